The van der Waals surface area contributed by atoms with Crippen molar-refractivity contribution in [3.8, 4) is 0 Å². The van der Waals surface area contributed by atoms with Gasteiger partial charge < -0.3 is 5.32 Å². The maximum Gasteiger partial charge on any atom is 0.238 e. The first-order valence-electron chi connectivity index (χ1n) is 9.15. The van der Waals surface area contributed by atoms with E-state index < -0.39 is 5.41 Å². The Morgan fingerprint density at radius 3 is 2.85 bits per heavy atom. The van der Waals surface area contributed by atoms with Crippen molar-refractivity contribution in [1.82, 2.24) is 19.9 Å². The molecule has 0 radical (unpaired) electrons. The molecule has 27 heavy (non-hydrogen) atoms. The van der Waals surface area contributed by atoms with Gasteiger partial charge in [0.05, 0.1) is 17.1 Å². The number of fused-ring (bicyclic) bond motifs is 2. The zero-order valence-corrected chi connectivity index (χ0v) is 15.3. The fraction of sp³-hybridized carbons (Fsp3) is 0.350. The predicted molar refractivity (Wildman–Crippen MR) is 103 cm³/mol. The number of hydrogen-bond acceptors (Lipinski definition) is 6. The summed E-state index contributed by atoms with van der Waals surface area (Å²) in [6.45, 7) is 3.89. The molecule has 0 aromatic carbocycles. The number of pyridine rings is 2. The van der Waals surface area contributed by atoms with Gasteiger partial charge in [0.1, 0.15) is 18.0 Å². The van der Waals surface area contributed by atoms with Gasteiger partial charge in [-0.2, -0.15) is 0 Å². The van der Waals surface area contributed by atoms with Crippen LogP contribution in [0, 0.1) is 0 Å². The fourth-order valence-corrected chi connectivity index (χ4v) is 3.98. The molecule has 0 saturated heterocycles. The summed E-state index contributed by atoms with van der Waals surface area (Å²) in [5, 5.41) is 4.55. The van der Waals surface area contributed by atoms with Crippen LogP contribution < -0.4 is 10.2 Å². The molecule has 1 aliphatic heterocycles. The van der Waals surface area contributed by atoms with Crippen molar-refractivity contribution in [1.29, 1.82) is 0 Å². The van der Waals surface area contributed by atoms with Crippen molar-refractivity contribution in [2.24, 2.45) is 0 Å². The molecule has 7 nitrogen and oxygen atoms in total. The number of carbonyl (C=O) groups is 1. The van der Waals surface area contributed by atoms with Crippen molar-refractivity contribution < 1.29 is 4.79 Å². The van der Waals surface area contributed by atoms with E-state index in [0.29, 0.717) is 6.04 Å². The van der Waals surface area contributed by atoms with E-state index in [0.717, 1.165) is 40.9 Å². The summed E-state index contributed by atoms with van der Waals surface area (Å²) in [4.78, 5) is 32.1. The summed E-state index contributed by atoms with van der Waals surface area (Å²) in [7, 11) is 0. The minimum atomic E-state index is -0.567. The second-order valence-electron chi connectivity index (χ2n) is 7.79. The Labute approximate surface area is 156 Å². The van der Waals surface area contributed by atoms with Gasteiger partial charge in [-0.1, -0.05) is 0 Å². The monoisotopic (exact) mass is 360 g/mol. The highest BCUT2D eigenvalue weighted by Gasteiger charge is 2.50. The van der Waals surface area contributed by atoms with Gasteiger partial charge in [-0.3, -0.25) is 14.7 Å². The van der Waals surface area contributed by atoms with E-state index in [2.05, 4.69) is 25.3 Å². The SMILES string of the molecule is CC1(C)C(=O)N(C2CC(Nc3ccc4ccncc4n3)C2)c2ncncc21. The van der Waals surface area contributed by atoms with Gasteiger partial charge in [0.15, 0.2) is 0 Å². The Bertz CT molecular complexity index is 1040. The maximum absolute atomic E-state index is 12.9. The number of hydrogen-bond donors (Lipinski definition) is 1. The Balaban J connectivity index is 1.31. The van der Waals surface area contributed by atoms with Gasteiger partial charge in [0, 0.05) is 35.4 Å². The third-order valence-electron chi connectivity index (χ3n) is 5.67. The summed E-state index contributed by atoms with van der Waals surface area (Å²) < 4.78 is 0. The minimum Gasteiger partial charge on any atom is -0.367 e. The van der Waals surface area contributed by atoms with Gasteiger partial charge in [-0.15, -0.1) is 0 Å². The van der Waals surface area contributed by atoms with E-state index >= 15 is 0 Å². The van der Waals surface area contributed by atoms with E-state index in [1.807, 2.05) is 36.9 Å². The van der Waals surface area contributed by atoms with Gasteiger partial charge >= 0.3 is 0 Å². The van der Waals surface area contributed by atoms with E-state index in [1.54, 1.807) is 18.6 Å². The van der Waals surface area contributed by atoms with E-state index in [1.165, 1.54) is 6.33 Å². The highest BCUT2D eigenvalue weighted by atomic mass is 16.2. The zero-order valence-electron chi connectivity index (χ0n) is 15.3. The number of amides is 1. The van der Waals surface area contributed by atoms with Crippen LogP contribution >= 0.6 is 0 Å². The van der Waals surface area contributed by atoms with Crippen molar-refractivity contribution in [2.75, 3.05) is 10.2 Å². The Hall–Kier alpha value is -3.09. The molecule has 7 heteroatoms. The molecule has 3 aromatic heterocycles. The first kappa shape index (κ1) is 16.1. The number of nitrogens with one attached hydrogen (secondary N) is 1. The van der Waals surface area contributed by atoms with Crippen LogP contribution in [0.2, 0.25) is 0 Å². The normalized spacial score (nSPS) is 23.2. The Kier molecular flexibility index (Phi) is 3.40. The average Bonchev–Trinajstić information content (AvgIpc) is 2.85. The summed E-state index contributed by atoms with van der Waals surface area (Å²) in [6.07, 6.45) is 8.56. The molecule has 0 bridgehead atoms. The lowest BCUT2D eigenvalue weighted by atomic mass is 9.84. The summed E-state index contributed by atoms with van der Waals surface area (Å²) in [6, 6.07) is 6.43. The minimum absolute atomic E-state index is 0.108. The molecule has 5 rings (SSSR count). The lowest BCUT2D eigenvalue weighted by Gasteiger charge is -2.41. The standard InChI is InChI=1S/C20H20N6O/c1-20(2)15-9-22-11-23-18(15)26(19(20)27)14-7-13(8-14)24-17-4-3-12-5-6-21-10-16(12)25-17/h3-6,9-11,13-14H,7-8H2,1-2H3,(H,24,25). The summed E-state index contributed by atoms with van der Waals surface area (Å²) in [5.41, 5.74) is 1.22. The van der Waals surface area contributed by atoms with Gasteiger partial charge in [0.25, 0.3) is 0 Å². The first-order valence-corrected chi connectivity index (χ1v) is 9.15. The van der Waals surface area contributed by atoms with Crippen molar-refractivity contribution in [3.05, 3.63) is 48.7 Å². The molecule has 3 aromatic rings. The predicted octanol–water partition coefficient (Wildman–Crippen LogP) is 2.69. The second-order valence-corrected chi connectivity index (χ2v) is 7.79. The average molecular weight is 360 g/mol. The Morgan fingerprint density at radius 1 is 1.15 bits per heavy atom. The quantitative estimate of drug-likeness (QED) is 0.773. The van der Waals surface area contributed by atoms with E-state index in [-0.39, 0.29) is 11.9 Å². The number of anilines is 2. The third kappa shape index (κ3) is 2.45. The molecule has 0 unspecified atom stereocenters. The molecular formula is C20H20N6O. The summed E-state index contributed by atoms with van der Waals surface area (Å²) >= 11 is 0. The molecule has 0 atom stereocenters. The van der Waals surface area contributed by atoms with Crippen molar-refractivity contribution in [3.63, 3.8) is 0 Å². The van der Waals surface area contributed by atoms with Crippen LogP contribution in [0.5, 0.6) is 0 Å². The van der Waals surface area contributed by atoms with Crippen LogP contribution in [0.3, 0.4) is 0 Å². The topological polar surface area (TPSA) is 83.9 Å². The number of rotatable bonds is 3. The summed E-state index contributed by atoms with van der Waals surface area (Å²) in [5.74, 6) is 1.71. The number of nitrogens with zero attached hydrogens (tertiary/aromatic N) is 5. The molecule has 0 spiro atoms. The Morgan fingerprint density at radius 2 is 2.00 bits per heavy atom. The first-order chi connectivity index (χ1) is 13.0. The lowest BCUT2D eigenvalue weighted by Crippen LogP contribution is -2.53. The second kappa shape index (κ2) is 5.70. The largest absolute Gasteiger partial charge is 0.367 e. The van der Waals surface area contributed by atoms with Crippen LogP contribution in [0.1, 0.15) is 32.3 Å². The van der Waals surface area contributed by atoms with E-state index in [4.69, 9.17) is 0 Å². The van der Waals surface area contributed by atoms with Gasteiger partial charge in [0.2, 0.25) is 5.91 Å². The van der Waals surface area contributed by atoms with Crippen LogP contribution in [0.25, 0.3) is 10.9 Å². The molecule has 2 aliphatic rings. The third-order valence-corrected chi connectivity index (χ3v) is 5.67. The van der Waals surface area contributed by atoms with Crippen molar-refractivity contribution >= 4 is 28.4 Å². The highest BCUT2D eigenvalue weighted by Crippen LogP contribution is 2.44. The highest BCUT2D eigenvalue weighted by molar-refractivity contribution is 6.07. The molecule has 1 aliphatic carbocycles. The zero-order chi connectivity index (χ0) is 18.6. The van der Waals surface area contributed by atoms with Crippen LogP contribution in [-0.2, 0) is 10.2 Å². The molecule has 4 heterocycles. The van der Waals surface area contributed by atoms with Crippen molar-refractivity contribution in [2.45, 2.75) is 44.2 Å². The lowest BCUT2D eigenvalue weighted by molar-refractivity contribution is -0.122. The fourth-order valence-electron chi connectivity index (χ4n) is 3.98. The van der Waals surface area contributed by atoms with Crippen LogP contribution in [-0.4, -0.2) is 37.9 Å². The molecule has 136 valence electrons. The molecule has 1 amide bonds. The molecular weight excluding hydrogens is 340 g/mol. The molecule has 1 N–H and O–H groups in total. The number of carbonyl (C=O) groups excluding carboxylic acids is 1. The van der Waals surface area contributed by atoms with Gasteiger partial charge in [-0.05, 0) is 44.9 Å². The van der Waals surface area contributed by atoms with Crippen LogP contribution in [0.15, 0.2) is 43.1 Å². The smallest absolute Gasteiger partial charge is 0.238 e. The van der Waals surface area contributed by atoms with E-state index in [9.17, 15) is 4.79 Å². The molecule has 1 fully saturated rings. The number of aromatic nitrogens is 4. The van der Waals surface area contributed by atoms with Gasteiger partial charge in [-0.25, -0.2) is 15.0 Å². The maximum atomic E-state index is 12.9. The molecule has 1 saturated carbocycles. The van der Waals surface area contributed by atoms with Crippen LogP contribution in [0.4, 0.5) is 11.6 Å².